The average molecular weight is 279 g/mol. The largest absolute Gasteiger partial charge is 0.481 e. The van der Waals surface area contributed by atoms with Gasteiger partial charge in [0.1, 0.15) is 0 Å². The summed E-state index contributed by atoms with van der Waals surface area (Å²) in [7, 11) is 0. The van der Waals surface area contributed by atoms with Gasteiger partial charge in [-0.25, -0.2) is 0 Å². The van der Waals surface area contributed by atoms with Gasteiger partial charge in [0.05, 0.1) is 6.42 Å². The minimum atomic E-state index is -0.841. The Balaban J connectivity index is 2.00. The van der Waals surface area contributed by atoms with Crippen LogP contribution in [-0.2, 0) is 9.59 Å². The summed E-state index contributed by atoms with van der Waals surface area (Å²) in [6.07, 6.45) is 6.11. The molecule has 0 bridgehead atoms. The molecule has 1 atom stereocenters. The van der Waals surface area contributed by atoms with Crippen LogP contribution < -0.4 is 0 Å². The minimum Gasteiger partial charge on any atom is -0.481 e. The smallest absolute Gasteiger partial charge is 0.305 e. The fraction of sp³-hybridized carbons (Fsp3) is 0.429. The van der Waals surface area contributed by atoms with Crippen molar-refractivity contribution in [3.8, 4) is 0 Å². The third kappa shape index (κ3) is 3.92. The van der Waals surface area contributed by atoms with Crippen molar-refractivity contribution >= 4 is 29.3 Å². The summed E-state index contributed by atoms with van der Waals surface area (Å²) in [5.74, 6) is -0.925. The van der Waals surface area contributed by atoms with Crippen LogP contribution in [-0.4, -0.2) is 34.5 Å². The van der Waals surface area contributed by atoms with Gasteiger partial charge in [0.25, 0.3) is 0 Å². The number of rotatable bonds is 4. The lowest BCUT2D eigenvalue weighted by Gasteiger charge is -2.34. The van der Waals surface area contributed by atoms with Crippen molar-refractivity contribution in [1.82, 2.24) is 4.90 Å². The molecule has 1 aromatic rings. The Bertz CT molecular complexity index is 467. The molecule has 1 saturated heterocycles. The third-order valence-electron chi connectivity index (χ3n) is 3.25. The van der Waals surface area contributed by atoms with Crippen LogP contribution in [0.5, 0.6) is 0 Å². The monoisotopic (exact) mass is 279 g/mol. The molecular weight excluding hydrogens is 262 g/mol. The standard InChI is InChI=1S/C14H17NO3S/c16-13(7-6-12-5-3-9-19-12)15-8-2-1-4-11(15)10-14(17)18/h3,5-7,9,11H,1-2,4,8,10H2,(H,17,18)/b7-6+. The zero-order valence-electron chi connectivity index (χ0n) is 10.6. The number of carboxylic acids is 1. The molecule has 0 aliphatic carbocycles. The van der Waals surface area contributed by atoms with Crippen molar-refractivity contribution in [1.29, 1.82) is 0 Å². The summed E-state index contributed by atoms with van der Waals surface area (Å²) in [6.45, 7) is 0.658. The summed E-state index contributed by atoms with van der Waals surface area (Å²) in [5, 5.41) is 10.8. The zero-order valence-corrected chi connectivity index (χ0v) is 11.4. The predicted octanol–water partition coefficient (Wildman–Crippen LogP) is 2.62. The lowest BCUT2D eigenvalue weighted by molar-refractivity contribution is -0.140. The SMILES string of the molecule is O=C(O)CC1CCCCN1C(=O)/C=C/c1cccs1. The van der Waals surface area contributed by atoms with E-state index >= 15 is 0 Å². The van der Waals surface area contributed by atoms with Crippen LogP contribution in [0.15, 0.2) is 23.6 Å². The summed E-state index contributed by atoms with van der Waals surface area (Å²) in [4.78, 5) is 25.7. The number of thiophene rings is 1. The lowest BCUT2D eigenvalue weighted by atomic mass is 9.99. The number of carbonyl (C=O) groups excluding carboxylic acids is 1. The number of piperidine rings is 1. The molecule has 1 N–H and O–H groups in total. The Morgan fingerprint density at radius 1 is 1.47 bits per heavy atom. The van der Waals surface area contributed by atoms with Crippen LogP contribution in [0.1, 0.15) is 30.6 Å². The Morgan fingerprint density at radius 3 is 3.00 bits per heavy atom. The van der Waals surface area contributed by atoms with Crippen LogP contribution in [0.3, 0.4) is 0 Å². The van der Waals surface area contributed by atoms with Crippen LogP contribution in [0.25, 0.3) is 6.08 Å². The maximum absolute atomic E-state index is 12.1. The number of nitrogens with zero attached hydrogens (tertiary/aromatic N) is 1. The quantitative estimate of drug-likeness (QED) is 0.862. The van der Waals surface area contributed by atoms with E-state index in [0.29, 0.717) is 6.54 Å². The highest BCUT2D eigenvalue weighted by Gasteiger charge is 2.27. The highest BCUT2D eigenvalue weighted by Crippen LogP contribution is 2.20. The van der Waals surface area contributed by atoms with E-state index in [1.165, 1.54) is 0 Å². The van der Waals surface area contributed by atoms with E-state index in [1.54, 1.807) is 28.4 Å². The molecule has 1 aliphatic rings. The molecule has 1 amide bonds. The van der Waals surface area contributed by atoms with Crippen molar-refractivity contribution in [3.63, 3.8) is 0 Å². The first-order chi connectivity index (χ1) is 9.16. The first kappa shape index (κ1) is 13.8. The second-order valence-corrected chi connectivity index (χ2v) is 5.61. The molecule has 0 spiro atoms. The van der Waals surface area contributed by atoms with Crippen molar-refractivity contribution < 1.29 is 14.7 Å². The molecule has 1 aromatic heterocycles. The van der Waals surface area contributed by atoms with Crippen molar-refractivity contribution in [2.75, 3.05) is 6.54 Å². The van der Waals surface area contributed by atoms with Gasteiger partial charge < -0.3 is 10.0 Å². The first-order valence-corrected chi connectivity index (χ1v) is 7.29. The molecule has 4 nitrogen and oxygen atoms in total. The highest BCUT2D eigenvalue weighted by molar-refractivity contribution is 7.10. The minimum absolute atomic E-state index is 0.0403. The summed E-state index contributed by atoms with van der Waals surface area (Å²) < 4.78 is 0. The Morgan fingerprint density at radius 2 is 2.32 bits per heavy atom. The van der Waals surface area contributed by atoms with Gasteiger partial charge in [-0.1, -0.05) is 6.07 Å². The lowest BCUT2D eigenvalue weighted by Crippen LogP contribution is -2.44. The molecule has 0 saturated carbocycles. The number of carbonyl (C=O) groups is 2. The van der Waals surface area contributed by atoms with Gasteiger partial charge in [0, 0.05) is 23.5 Å². The molecule has 1 fully saturated rings. The fourth-order valence-corrected chi connectivity index (χ4v) is 2.96. The van der Waals surface area contributed by atoms with Crippen molar-refractivity contribution in [2.45, 2.75) is 31.7 Å². The summed E-state index contributed by atoms with van der Waals surface area (Å²) >= 11 is 1.57. The molecule has 0 aromatic carbocycles. The van der Waals surface area contributed by atoms with Crippen LogP contribution in [0, 0.1) is 0 Å². The highest BCUT2D eigenvalue weighted by atomic mass is 32.1. The number of likely N-dealkylation sites (tertiary alicyclic amines) is 1. The number of amides is 1. The number of hydrogen-bond acceptors (Lipinski definition) is 3. The molecule has 2 rings (SSSR count). The van der Waals surface area contributed by atoms with Gasteiger partial charge in [0.2, 0.25) is 5.91 Å². The van der Waals surface area contributed by atoms with Crippen molar-refractivity contribution in [2.24, 2.45) is 0 Å². The van der Waals surface area contributed by atoms with E-state index in [-0.39, 0.29) is 18.4 Å². The first-order valence-electron chi connectivity index (χ1n) is 6.41. The van der Waals surface area contributed by atoms with Gasteiger partial charge in [-0.3, -0.25) is 9.59 Å². The number of carboxylic acid groups (broad SMARTS) is 1. The third-order valence-corrected chi connectivity index (χ3v) is 4.09. The topological polar surface area (TPSA) is 57.6 Å². The summed E-state index contributed by atoms with van der Waals surface area (Å²) in [6, 6.07) is 3.72. The molecule has 5 heteroatoms. The van der Waals surface area contributed by atoms with Gasteiger partial charge in [-0.2, -0.15) is 0 Å². The van der Waals surface area contributed by atoms with E-state index in [1.807, 2.05) is 17.5 Å². The predicted molar refractivity (Wildman–Crippen MR) is 75.0 cm³/mol. The van der Waals surface area contributed by atoms with E-state index in [9.17, 15) is 9.59 Å². The molecular formula is C14H17NO3S. The second kappa shape index (κ2) is 6.52. The van der Waals surface area contributed by atoms with Crippen LogP contribution in [0.2, 0.25) is 0 Å². The Kier molecular flexibility index (Phi) is 4.74. The van der Waals surface area contributed by atoms with Crippen molar-refractivity contribution in [3.05, 3.63) is 28.5 Å². The number of aliphatic carboxylic acids is 1. The molecule has 1 aliphatic heterocycles. The number of hydrogen-bond donors (Lipinski definition) is 1. The average Bonchev–Trinajstić information content (AvgIpc) is 2.89. The van der Waals surface area contributed by atoms with E-state index in [4.69, 9.17) is 5.11 Å². The van der Waals surface area contributed by atoms with Gasteiger partial charge in [0.15, 0.2) is 0 Å². The van der Waals surface area contributed by atoms with Gasteiger partial charge in [-0.15, -0.1) is 11.3 Å². The molecule has 2 heterocycles. The van der Waals surface area contributed by atoms with Crippen LogP contribution >= 0.6 is 11.3 Å². The zero-order chi connectivity index (χ0) is 13.7. The maximum atomic E-state index is 12.1. The molecule has 19 heavy (non-hydrogen) atoms. The molecule has 102 valence electrons. The molecule has 1 unspecified atom stereocenters. The van der Waals surface area contributed by atoms with Gasteiger partial charge in [-0.05, 0) is 36.8 Å². The second-order valence-electron chi connectivity index (χ2n) is 4.63. The van der Waals surface area contributed by atoms with Gasteiger partial charge >= 0.3 is 5.97 Å². The Hall–Kier alpha value is -1.62. The summed E-state index contributed by atoms with van der Waals surface area (Å²) in [5.41, 5.74) is 0. The molecule has 0 radical (unpaired) electrons. The Labute approximate surface area is 116 Å². The van der Waals surface area contributed by atoms with E-state index in [0.717, 1.165) is 24.1 Å². The van der Waals surface area contributed by atoms with E-state index < -0.39 is 5.97 Å². The normalized spacial score (nSPS) is 19.8. The maximum Gasteiger partial charge on any atom is 0.305 e. The fourth-order valence-electron chi connectivity index (χ4n) is 2.34. The van der Waals surface area contributed by atoms with E-state index in [2.05, 4.69) is 0 Å². The van der Waals surface area contributed by atoms with Crippen LogP contribution in [0.4, 0.5) is 0 Å².